The van der Waals surface area contributed by atoms with E-state index in [4.69, 9.17) is 0 Å². The van der Waals surface area contributed by atoms with Crippen LogP contribution in [0.1, 0.15) is 56.0 Å². The maximum absolute atomic E-state index is 13.3. The van der Waals surface area contributed by atoms with Crippen LogP contribution in [-0.4, -0.2) is 48.4 Å². The highest BCUT2D eigenvalue weighted by Gasteiger charge is 2.51. The van der Waals surface area contributed by atoms with Gasteiger partial charge in [-0.15, -0.1) is 0 Å². The Kier molecular flexibility index (Phi) is 5.78. The van der Waals surface area contributed by atoms with Crippen molar-refractivity contribution in [2.45, 2.75) is 52.6 Å². The molecule has 1 saturated carbocycles. The van der Waals surface area contributed by atoms with Crippen LogP contribution in [0.5, 0.6) is 0 Å². The van der Waals surface area contributed by atoms with Gasteiger partial charge in [-0.25, -0.2) is 4.79 Å². The van der Waals surface area contributed by atoms with E-state index < -0.39 is 0 Å². The molecule has 1 saturated heterocycles. The number of fused-ring (bicyclic) bond motifs is 2. The Labute approximate surface area is 192 Å². The van der Waals surface area contributed by atoms with Crippen LogP contribution >= 0.6 is 0 Å². The maximum atomic E-state index is 13.3. The largest absolute Gasteiger partial charge is 0.335 e. The fourth-order valence-electron chi connectivity index (χ4n) is 5.98. The van der Waals surface area contributed by atoms with Crippen LogP contribution in [0, 0.1) is 10.8 Å². The number of rotatable bonds is 4. The first-order chi connectivity index (χ1) is 15.1. The maximum Gasteiger partial charge on any atom is 0.324 e. The molecule has 1 heterocycles. The van der Waals surface area contributed by atoms with Crippen molar-refractivity contribution in [1.82, 2.24) is 9.80 Å². The minimum Gasteiger partial charge on any atom is -0.335 e. The van der Waals surface area contributed by atoms with Gasteiger partial charge >= 0.3 is 6.03 Å². The molecule has 0 spiro atoms. The van der Waals surface area contributed by atoms with Gasteiger partial charge in [0.15, 0.2) is 0 Å². The van der Waals surface area contributed by atoms with E-state index in [1.807, 2.05) is 54.6 Å². The third-order valence-corrected chi connectivity index (χ3v) is 7.05. The van der Waals surface area contributed by atoms with E-state index in [-0.39, 0.29) is 17.4 Å². The standard InChI is InChI=1S/C27H35N3O2/c1-26(2)15-23-16-27(3,18-26)19-30(23)24(31)21-13-11-20(12-14-21)17-28(4)25(32)29(5)22-9-7-6-8-10-22/h6-14,23H,15-19H2,1-5H3. The van der Waals surface area contributed by atoms with Crippen LogP contribution in [0.25, 0.3) is 0 Å². The number of likely N-dealkylation sites (tertiary alicyclic amines) is 1. The first kappa shape index (κ1) is 22.4. The van der Waals surface area contributed by atoms with Crippen molar-refractivity contribution in [2.24, 2.45) is 10.8 Å². The summed E-state index contributed by atoms with van der Waals surface area (Å²) in [5.41, 5.74) is 3.12. The number of carbonyl (C=O) groups is 2. The van der Waals surface area contributed by atoms with E-state index in [0.717, 1.165) is 36.2 Å². The highest BCUT2D eigenvalue weighted by Crippen LogP contribution is 2.52. The molecule has 2 aromatic rings. The van der Waals surface area contributed by atoms with Crippen molar-refractivity contribution in [2.75, 3.05) is 25.5 Å². The second-order valence-corrected chi connectivity index (χ2v) is 10.9. The lowest BCUT2D eigenvalue weighted by atomic mass is 9.65. The zero-order valence-electron chi connectivity index (χ0n) is 20.0. The monoisotopic (exact) mass is 433 g/mol. The Balaban J connectivity index is 1.40. The predicted molar refractivity (Wildman–Crippen MR) is 129 cm³/mol. The molecular weight excluding hydrogens is 398 g/mol. The van der Waals surface area contributed by atoms with Crippen molar-refractivity contribution in [3.63, 3.8) is 0 Å². The number of urea groups is 1. The smallest absolute Gasteiger partial charge is 0.324 e. The first-order valence-electron chi connectivity index (χ1n) is 11.5. The van der Waals surface area contributed by atoms with Crippen LogP contribution in [0.3, 0.4) is 0 Å². The third-order valence-electron chi connectivity index (χ3n) is 7.05. The Morgan fingerprint density at radius 2 is 1.62 bits per heavy atom. The summed E-state index contributed by atoms with van der Waals surface area (Å²) in [6.45, 7) is 8.32. The Hall–Kier alpha value is -2.82. The summed E-state index contributed by atoms with van der Waals surface area (Å²) in [4.78, 5) is 31.5. The molecule has 0 N–H and O–H groups in total. The summed E-state index contributed by atoms with van der Waals surface area (Å²) in [5.74, 6) is 0.135. The lowest BCUT2D eigenvalue weighted by Gasteiger charge is -2.39. The van der Waals surface area contributed by atoms with Crippen molar-refractivity contribution in [3.05, 3.63) is 65.7 Å². The first-order valence-corrected chi connectivity index (χ1v) is 11.5. The van der Waals surface area contributed by atoms with E-state index in [0.29, 0.717) is 18.0 Å². The molecule has 2 aliphatic rings. The van der Waals surface area contributed by atoms with Crippen LogP contribution in [0.4, 0.5) is 10.5 Å². The Morgan fingerprint density at radius 1 is 0.969 bits per heavy atom. The van der Waals surface area contributed by atoms with Crippen LogP contribution in [0.2, 0.25) is 0 Å². The number of benzene rings is 2. The fraction of sp³-hybridized carbons (Fsp3) is 0.481. The lowest BCUT2D eigenvalue weighted by molar-refractivity contribution is 0.0708. The molecule has 32 heavy (non-hydrogen) atoms. The van der Waals surface area contributed by atoms with E-state index in [2.05, 4.69) is 25.7 Å². The van der Waals surface area contributed by atoms with E-state index in [1.165, 1.54) is 6.42 Å². The minimum atomic E-state index is -0.0726. The summed E-state index contributed by atoms with van der Waals surface area (Å²) < 4.78 is 0. The van der Waals surface area contributed by atoms with Gasteiger partial charge in [-0.3, -0.25) is 9.69 Å². The summed E-state index contributed by atoms with van der Waals surface area (Å²) in [6.07, 6.45) is 3.37. The SMILES string of the molecule is CN(Cc1ccc(C(=O)N2CC3(C)CC2CC(C)(C)C3)cc1)C(=O)N(C)c1ccccc1. The average Bonchev–Trinajstić information content (AvgIpc) is 3.01. The highest BCUT2D eigenvalue weighted by molar-refractivity contribution is 5.95. The molecule has 2 bridgehead atoms. The zero-order chi connectivity index (χ0) is 23.1. The quantitative estimate of drug-likeness (QED) is 0.647. The third kappa shape index (κ3) is 4.52. The van der Waals surface area contributed by atoms with Crippen LogP contribution in [-0.2, 0) is 6.54 Å². The Morgan fingerprint density at radius 3 is 2.28 bits per heavy atom. The van der Waals surface area contributed by atoms with Gasteiger partial charge in [0.2, 0.25) is 0 Å². The molecule has 5 nitrogen and oxygen atoms in total. The summed E-state index contributed by atoms with van der Waals surface area (Å²) in [5, 5.41) is 0. The van der Waals surface area contributed by atoms with Crippen LogP contribution < -0.4 is 4.90 Å². The van der Waals surface area contributed by atoms with Gasteiger partial charge in [-0.1, -0.05) is 51.1 Å². The molecular formula is C27H35N3O2. The van der Waals surface area contributed by atoms with E-state index in [1.54, 1.807) is 23.9 Å². The molecule has 2 aromatic carbocycles. The zero-order valence-corrected chi connectivity index (χ0v) is 20.0. The number of amides is 3. The molecule has 1 aliphatic heterocycles. The van der Waals surface area contributed by atoms with Crippen molar-refractivity contribution >= 4 is 17.6 Å². The number of hydrogen-bond acceptors (Lipinski definition) is 2. The summed E-state index contributed by atoms with van der Waals surface area (Å²) in [6, 6.07) is 17.6. The second-order valence-electron chi connectivity index (χ2n) is 10.9. The normalized spacial score (nSPS) is 23.7. The lowest BCUT2D eigenvalue weighted by Crippen LogP contribution is -2.38. The van der Waals surface area contributed by atoms with Crippen molar-refractivity contribution < 1.29 is 9.59 Å². The molecule has 2 atom stereocenters. The number of anilines is 1. The molecule has 2 fully saturated rings. The molecule has 0 radical (unpaired) electrons. The van der Waals surface area contributed by atoms with Crippen molar-refractivity contribution in [3.8, 4) is 0 Å². The topological polar surface area (TPSA) is 43.9 Å². The van der Waals surface area contributed by atoms with Crippen molar-refractivity contribution in [1.29, 1.82) is 0 Å². The molecule has 5 heteroatoms. The van der Waals surface area contributed by atoms with Gasteiger partial charge in [0.25, 0.3) is 5.91 Å². The van der Waals surface area contributed by atoms with E-state index >= 15 is 0 Å². The Bertz CT molecular complexity index is 986. The molecule has 3 amide bonds. The van der Waals surface area contributed by atoms with E-state index in [9.17, 15) is 9.59 Å². The molecule has 170 valence electrons. The average molecular weight is 434 g/mol. The number of para-hydroxylation sites is 1. The van der Waals surface area contributed by atoms with Gasteiger partial charge < -0.3 is 9.80 Å². The number of hydrogen-bond donors (Lipinski definition) is 0. The second kappa shape index (κ2) is 8.27. The van der Waals surface area contributed by atoms with Gasteiger partial charge in [0.1, 0.15) is 0 Å². The fourth-order valence-corrected chi connectivity index (χ4v) is 5.98. The highest BCUT2D eigenvalue weighted by atomic mass is 16.2. The van der Waals surface area contributed by atoms with Gasteiger partial charge in [0.05, 0.1) is 0 Å². The molecule has 1 aliphatic carbocycles. The summed E-state index contributed by atoms with van der Waals surface area (Å²) >= 11 is 0. The summed E-state index contributed by atoms with van der Waals surface area (Å²) in [7, 11) is 3.58. The van der Waals surface area contributed by atoms with Gasteiger partial charge in [-0.05, 0) is 59.9 Å². The molecule has 4 rings (SSSR count). The predicted octanol–water partition coefficient (Wildman–Crippen LogP) is 5.42. The molecule has 2 unspecified atom stereocenters. The van der Waals surface area contributed by atoms with Gasteiger partial charge in [-0.2, -0.15) is 0 Å². The number of carbonyl (C=O) groups excluding carboxylic acids is 2. The number of nitrogens with zero attached hydrogens (tertiary/aromatic N) is 3. The molecule has 0 aromatic heterocycles. The minimum absolute atomic E-state index is 0.0726. The van der Waals surface area contributed by atoms with Gasteiger partial charge in [0, 0.05) is 44.5 Å². The van der Waals surface area contributed by atoms with Crippen LogP contribution in [0.15, 0.2) is 54.6 Å².